The summed E-state index contributed by atoms with van der Waals surface area (Å²) in [5.41, 5.74) is 7.68. The highest BCUT2D eigenvalue weighted by Gasteiger charge is 2.11. The Morgan fingerprint density at radius 3 is 2.82 bits per heavy atom. The van der Waals surface area contributed by atoms with Crippen LogP contribution in [-0.4, -0.2) is 24.2 Å². The number of aliphatic carboxylic acids is 1. The van der Waals surface area contributed by atoms with Crippen LogP contribution in [0.3, 0.4) is 0 Å². The summed E-state index contributed by atoms with van der Waals surface area (Å²) < 4.78 is 5.28. The third-order valence-electron chi connectivity index (χ3n) is 2.72. The topological polar surface area (TPSA) is 72.5 Å². The number of methoxy groups -OCH3 is 1. The Balaban J connectivity index is 2.54. The molecule has 4 nitrogen and oxygen atoms in total. The Bertz CT molecular complexity index is 390. The van der Waals surface area contributed by atoms with E-state index in [1.165, 1.54) is 0 Å². The number of carboxylic acids is 1. The second-order valence-corrected chi connectivity index (χ2v) is 4.15. The molecule has 1 atom stereocenters. The molecule has 0 aliphatic heterocycles. The molecule has 1 aromatic rings. The minimum Gasteiger partial charge on any atom is -0.496 e. The summed E-state index contributed by atoms with van der Waals surface area (Å²) in [4.78, 5) is 10.6. The predicted molar refractivity (Wildman–Crippen MR) is 66.3 cm³/mol. The highest BCUT2D eigenvalue weighted by atomic mass is 16.5. The molecule has 1 unspecified atom stereocenters. The number of carboxylic acid groups (broad SMARTS) is 1. The molecule has 0 aromatic heterocycles. The molecule has 0 saturated carbocycles. The first-order valence-electron chi connectivity index (χ1n) is 5.66. The van der Waals surface area contributed by atoms with Gasteiger partial charge in [-0.05, 0) is 43.4 Å². The first kappa shape index (κ1) is 13.5. The van der Waals surface area contributed by atoms with Crippen LogP contribution in [0.15, 0.2) is 18.2 Å². The number of benzene rings is 1. The van der Waals surface area contributed by atoms with Crippen LogP contribution in [0.1, 0.15) is 24.0 Å². The largest absolute Gasteiger partial charge is 0.496 e. The van der Waals surface area contributed by atoms with Gasteiger partial charge in [-0.2, -0.15) is 0 Å². The number of aryl methyl sites for hydroxylation is 2. The Hall–Kier alpha value is -1.55. The summed E-state index contributed by atoms with van der Waals surface area (Å²) in [5.74, 6) is -0.0882. The van der Waals surface area contributed by atoms with Crippen LogP contribution in [0.5, 0.6) is 5.75 Å². The van der Waals surface area contributed by atoms with Crippen LogP contribution in [0.4, 0.5) is 0 Å². The minimum atomic E-state index is -0.944. The van der Waals surface area contributed by atoms with E-state index in [1.807, 2.05) is 25.1 Å². The van der Waals surface area contributed by atoms with Crippen LogP contribution in [-0.2, 0) is 11.2 Å². The van der Waals surface area contributed by atoms with Crippen molar-refractivity contribution in [3.05, 3.63) is 29.3 Å². The van der Waals surface area contributed by atoms with Gasteiger partial charge in [0, 0.05) is 0 Å². The van der Waals surface area contributed by atoms with Crippen molar-refractivity contribution in [2.24, 2.45) is 5.73 Å². The van der Waals surface area contributed by atoms with Gasteiger partial charge in [-0.1, -0.05) is 12.1 Å². The van der Waals surface area contributed by atoms with Crippen LogP contribution < -0.4 is 10.5 Å². The SMILES string of the molecule is COc1cc(C)ccc1CCCC(N)C(=O)O. The van der Waals surface area contributed by atoms with E-state index in [2.05, 4.69) is 0 Å². The minimum absolute atomic E-state index is 0.479. The van der Waals surface area contributed by atoms with E-state index in [9.17, 15) is 4.79 Å². The van der Waals surface area contributed by atoms with Crippen LogP contribution >= 0.6 is 0 Å². The number of nitrogens with two attached hydrogens (primary N) is 1. The zero-order chi connectivity index (χ0) is 12.8. The van der Waals surface area contributed by atoms with Gasteiger partial charge in [0.2, 0.25) is 0 Å². The Kier molecular flexibility index (Phi) is 4.97. The zero-order valence-electron chi connectivity index (χ0n) is 10.3. The second-order valence-electron chi connectivity index (χ2n) is 4.15. The van der Waals surface area contributed by atoms with Gasteiger partial charge < -0.3 is 15.6 Å². The average Bonchev–Trinajstić information content (AvgIpc) is 2.30. The average molecular weight is 237 g/mol. The molecule has 0 aliphatic rings. The van der Waals surface area contributed by atoms with Crippen LogP contribution in [0, 0.1) is 6.92 Å². The van der Waals surface area contributed by atoms with Crippen LogP contribution in [0.25, 0.3) is 0 Å². The van der Waals surface area contributed by atoms with Crippen molar-refractivity contribution in [2.45, 2.75) is 32.2 Å². The standard InChI is InChI=1S/C13H19NO3/c1-9-6-7-10(12(8-9)17-2)4-3-5-11(14)13(15)16/h6-8,11H,3-5,14H2,1-2H3,(H,15,16). The summed E-state index contributed by atoms with van der Waals surface area (Å²) in [6.07, 6.45) is 2.00. The maximum Gasteiger partial charge on any atom is 0.320 e. The molecule has 4 heteroatoms. The van der Waals surface area contributed by atoms with Crippen molar-refractivity contribution in [3.63, 3.8) is 0 Å². The van der Waals surface area contributed by atoms with E-state index in [0.717, 1.165) is 29.7 Å². The number of ether oxygens (including phenoxy) is 1. The highest BCUT2D eigenvalue weighted by Crippen LogP contribution is 2.21. The Labute approximate surface area is 101 Å². The van der Waals surface area contributed by atoms with E-state index >= 15 is 0 Å². The number of hydrogen-bond donors (Lipinski definition) is 2. The number of rotatable bonds is 6. The first-order chi connectivity index (χ1) is 8.04. The molecule has 0 aliphatic carbocycles. The molecule has 94 valence electrons. The predicted octanol–water partition coefficient (Wildman–Crippen LogP) is 1.74. The number of carbonyl (C=O) groups is 1. The monoisotopic (exact) mass is 237 g/mol. The molecule has 17 heavy (non-hydrogen) atoms. The van der Waals surface area contributed by atoms with Gasteiger partial charge in [0.15, 0.2) is 0 Å². The molecule has 0 heterocycles. The molecule has 0 radical (unpaired) electrons. The van der Waals surface area contributed by atoms with Gasteiger partial charge in [-0.25, -0.2) is 0 Å². The van der Waals surface area contributed by atoms with E-state index in [0.29, 0.717) is 6.42 Å². The number of hydrogen-bond acceptors (Lipinski definition) is 3. The fourth-order valence-electron chi connectivity index (χ4n) is 1.69. The first-order valence-corrected chi connectivity index (χ1v) is 5.66. The third kappa shape index (κ3) is 4.07. The molecule has 1 aromatic carbocycles. The van der Waals surface area contributed by atoms with Gasteiger partial charge in [-0.15, -0.1) is 0 Å². The maximum atomic E-state index is 10.6. The fraction of sp³-hybridized carbons (Fsp3) is 0.462. The molecule has 0 amide bonds. The van der Waals surface area contributed by atoms with Gasteiger partial charge in [0.25, 0.3) is 0 Å². The van der Waals surface area contributed by atoms with Crippen molar-refractivity contribution in [1.82, 2.24) is 0 Å². The third-order valence-corrected chi connectivity index (χ3v) is 2.72. The molecule has 0 saturated heterocycles. The molecule has 0 bridgehead atoms. The van der Waals surface area contributed by atoms with E-state index < -0.39 is 12.0 Å². The summed E-state index contributed by atoms with van der Waals surface area (Å²) in [7, 11) is 1.64. The quantitative estimate of drug-likeness (QED) is 0.790. The van der Waals surface area contributed by atoms with Crippen molar-refractivity contribution in [3.8, 4) is 5.75 Å². The van der Waals surface area contributed by atoms with E-state index in [1.54, 1.807) is 7.11 Å². The maximum absolute atomic E-state index is 10.6. The summed E-state index contributed by atoms with van der Waals surface area (Å²) in [6, 6.07) is 5.24. The lowest BCUT2D eigenvalue weighted by molar-refractivity contribution is -0.138. The molecule has 0 spiro atoms. The van der Waals surface area contributed by atoms with Gasteiger partial charge in [-0.3, -0.25) is 4.79 Å². The van der Waals surface area contributed by atoms with Crippen LogP contribution in [0.2, 0.25) is 0 Å². The van der Waals surface area contributed by atoms with Gasteiger partial charge in [0.05, 0.1) is 7.11 Å². The van der Waals surface area contributed by atoms with E-state index in [-0.39, 0.29) is 0 Å². The lowest BCUT2D eigenvalue weighted by atomic mass is 10.0. The smallest absolute Gasteiger partial charge is 0.320 e. The molecular weight excluding hydrogens is 218 g/mol. The Morgan fingerprint density at radius 1 is 1.53 bits per heavy atom. The lowest BCUT2D eigenvalue weighted by Gasteiger charge is -2.10. The summed E-state index contributed by atoms with van der Waals surface area (Å²) >= 11 is 0. The molecule has 1 rings (SSSR count). The summed E-state index contributed by atoms with van der Waals surface area (Å²) in [6.45, 7) is 2.01. The van der Waals surface area contributed by atoms with Crippen molar-refractivity contribution in [1.29, 1.82) is 0 Å². The van der Waals surface area contributed by atoms with Gasteiger partial charge >= 0.3 is 5.97 Å². The molecule has 0 fully saturated rings. The highest BCUT2D eigenvalue weighted by molar-refractivity contribution is 5.72. The second kappa shape index (κ2) is 6.25. The normalized spacial score (nSPS) is 12.2. The van der Waals surface area contributed by atoms with Crippen molar-refractivity contribution < 1.29 is 14.6 Å². The van der Waals surface area contributed by atoms with Crippen molar-refractivity contribution >= 4 is 5.97 Å². The van der Waals surface area contributed by atoms with Crippen molar-refractivity contribution in [2.75, 3.05) is 7.11 Å². The Morgan fingerprint density at radius 2 is 2.24 bits per heavy atom. The fourth-order valence-corrected chi connectivity index (χ4v) is 1.69. The molecule has 3 N–H and O–H groups in total. The lowest BCUT2D eigenvalue weighted by Crippen LogP contribution is -2.29. The van der Waals surface area contributed by atoms with Gasteiger partial charge in [0.1, 0.15) is 11.8 Å². The molecular formula is C13H19NO3. The summed E-state index contributed by atoms with van der Waals surface area (Å²) in [5, 5.41) is 8.67. The zero-order valence-corrected chi connectivity index (χ0v) is 10.3. The van der Waals surface area contributed by atoms with E-state index in [4.69, 9.17) is 15.6 Å².